The molecule has 5 nitrogen and oxygen atoms in total. The van der Waals surface area contributed by atoms with Gasteiger partial charge in [-0.25, -0.2) is 13.4 Å². The summed E-state index contributed by atoms with van der Waals surface area (Å²) >= 11 is 11.8. The van der Waals surface area contributed by atoms with Gasteiger partial charge in [0.25, 0.3) is 0 Å². The van der Waals surface area contributed by atoms with E-state index in [0.717, 1.165) is 0 Å². The third-order valence-electron chi connectivity index (χ3n) is 2.79. The van der Waals surface area contributed by atoms with Crippen molar-refractivity contribution in [2.75, 3.05) is 12.8 Å². The Balaban J connectivity index is 2.26. The Labute approximate surface area is 133 Å². The molecule has 0 aliphatic heterocycles. The van der Waals surface area contributed by atoms with Crippen LogP contribution in [0.2, 0.25) is 10.0 Å². The van der Waals surface area contributed by atoms with E-state index in [1.807, 2.05) is 0 Å². The van der Waals surface area contributed by atoms with E-state index >= 15 is 0 Å². The summed E-state index contributed by atoms with van der Waals surface area (Å²) in [6, 6.07) is 7.78. The van der Waals surface area contributed by atoms with Crippen LogP contribution >= 0.6 is 23.2 Å². The summed E-state index contributed by atoms with van der Waals surface area (Å²) in [5, 5.41) is 0.912. The van der Waals surface area contributed by atoms with Crippen LogP contribution in [0.4, 0.5) is 5.82 Å². The maximum Gasteiger partial charge on any atom is 0.244 e. The lowest BCUT2D eigenvalue weighted by molar-refractivity contribution is 0.466. The average molecular weight is 346 g/mol. The normalized spacial score (nSPS) is 11.8. The van der Waals surface area contributed by atoms with Gasteiger partial charge in [-0.1, -0.05) is 23.2 Å². The number of nitrogens with zero attached hydrogens (tertiary/aromatic N) is 2. The summed E-state index contributed by atoms with van der Waals surface area (Å²) in [6.07, 6.45) is 1.23. The van der Waals surface area contributed by atoms with Crippen LogP contribution in [0.15, 0.2) is 41.4 Å². The van der Waals surface area contributed by atoms with Crippen LogP contribution in [0.5, 0.6) is 0 Å². The van der Waals surface area contributed by atoms with E-state index in [4.69, 9.17) is 28.9 Å². The maximum atomic E-state index is 12.4. The number of rotatable bonds is 4. The Morgan fingerprint density at radius 3 is 2.33 bits per heavy atom. The minimum Gasteiger partial charge on any atom is -0.384 e. The Hall–Kier alpha value is -1.34. The Morgan fingerprint density at radius 1 is 1.19 bits per heavy atom. The zero-order valence-electron chi connectivity index (χ0n) is 11.1. The van der Waals surface area contributed by atoms with E-state index in [9.17, 15) is 8.42 Å². The number of hydrogen-bond donors (Lipinski definition) is 1. The molecular weight excluding hydrogens is 333 g/mol. The van der Waals surface area contributed by atoms with Gasteiger partial charge in [0.2, 0.25) is 10.0 Å². The molecule has 0 radical (unpaired) electrons. The predicted octanol–water partition coefficient (Wildman–Crippen LogP) is 2.79. The molecule has 0 saturated carbocycles. The van der Waals surface area contributed by atoms with Crippen molar-refractivity contribution in [1.29, 1.82) is 0 Å². The molecule has 2 N–H and O–H groups in total. The molecule has 0 bridgehead atoms. The van der Waals surface area contributed by atoms with Crippen molar-refractivity contribution in [3.8, 4) is 0 Å². The van der Waals surface area contributed by atoms with Crippen LogP contribution in [0.3, 0.4) is 0 Å². The number of halogens is 2. The second kappa shape index (κ2) is 6.19. The first-order chi connectivity index (χ1) is 9.79. The molecule has 1 aromatic carbocycles. The monoisotopic (exact) mass is 345 g/mol. The third kappa shape index (κ3) is 3.85. The molecule has 0 aliphatic carbocycles. The molecule has 1 heterocycles. The Morgan fingerprint density at radius 2 is 1.81 bits per heavy atom. The van der Waals surface area contributed by atoms with Crippen LogP contribution in [0.1, 0.15) is 5.56 Å². The number of hydrogen-bond acceptors (Lipinski definition) is 4. The number of benzene rings is 1. The van der Waals surface area contributed by atoms with Crippen LogP contribution < -0.4 is 5.73 Å². The van der Waals surface area contributed by atoms with Crippen molar-refractivity contribution in [3.05, 3.63) is 52.1 Å². The van der Waals surface area contributed by atoms with Gasteiger partial charge in [0.05, 0.1) is 0 Å². The van der Waals surface area contributed by atoms with Gasteiger partial charge in [-0.2, -0.15) is 4.31 Å². The molecule has 0 amide bonds. The fraction of sp³-hybridized carbons (Fsp3) is 0.154. The number of sulfonamides is 1. The molecule has 8 heteroatoms. The van der Waals surface area contributed by atoms with E-state index in [0.29, 0.717) is 15.6 Å². The summed E-state index contributed by atoms with van der Waals surface area (Å²) < 4.78 is 26.0. The molecule has 0 spiro atoms. The average Bonchev–Trinajstić information content (AvgIpc) is 2.37. The van der Waals surface area contributed by atoms with E-state index in [-0.39, 0.29) is 17.3 Å². The molecule has 112 valence electrons. The van der Waals surface area contributed by atoms with Crippen molar-refractivity contribution < 1.29 is 8.42 Å². The topological polar surface area (TPSA) is 76.3 Å². The summed E-state index contributed by atoms with van der Waals surface area (Å²) in [5.41, 5.74) is 6.15. The van der Waals surface area contributed by atoms with Crippen molar-refractivity contribution in [1.82, 2.24) is 9.29 Å². The lowest BCUT2D eigenvalue weighted by Gasteiger charge is -2.17. The summed E-state index contributed by atoms with van der Waals surface area (Å²) in [6.45, 7) is 0.146. The van der Waals surface area contributed by atoms with Gasteiger partial charge in [0.15, 0.2) is 0 Å². The molecule has 0 fully saturated rings. The highest BCUT2D eigenvalue weighted by Crippen LogP contribution is 2.22. The fourth-order valence-corrected chi connectivity index (χ4v) is 3.44. The van der Waals surface area contributed by atoms with Crippen LogP contribution in [-0.4, -0.2) is 24.8 Å². The molecule has 21 heavy (non-hydrogen) atoms. The van der Waals surface area contributed by atoms with E-state index in [1.54, 1.807) is 18.2 Å². The highest BCUT2D eigenvalue weighted by Gasteiger charge is 2.21. The van der Waals surface area contributed by atoms with Crippen molar-refractivity contribution in [3.63, 3.8) is 0 Å². The van der Waals surface area contributed by atoms with Crippen molar-refractivity contribution >= 4 is 39.0 Å². The quantitative estimate of drug-likeness (QED) is 0.924. The number of aromatic nitrogens is 1. The van der Waals surface area contributed by atoms with E-state index in [1.165, 1.54) is 29.7 Å². The van der Waals surface area contributed by atoms with Gasteiger partial charge in [-0.3, -0.25) is 0 Å². The molecule has 0 aliphatic rings. The van der Waals surface area contributed by atoms with E-state index < -0.39 is 10.0 Å². The first kappa shape index (κ1) is 16.0. The Bertz CT molecular complexity index is 728. The predicted molar refractivity (Wildman–Crippen MR) is 83.8 cm³/mol. The molecule has 0 unspecified atom stereocenters. The fourth-order valence-electron chi connectivity index (χ4n) is 1.77. The second-order valence-electron chi connectivity index (χ2n) is 4.46. The highest BCUT2D eigenvalue weighted by molar-refractivity contribution is 7.89. The lowest BCUT2D eigenvalue weighted by Crippen LogP contribution is -2.26. The van der Waals surface area contributed by atoms with E-state index in [2.05, 4.69) is 4.98 Å². The smallest absolute Gasteiger partial charge is 0.244 e. The standard InChI is InChI=1S/C13H13Cl2N3O2S/c1-18(8-9-4-10(14)6-11(15)5-9)21(19,20)12-2-3-13(16)17-7-12/h2-7H,8H2,1H3,(H2,16,17). The van der Waals surface area contributed by atoms with Crippen molar-refractivity contribution in [2.24, 2.45) is 0 Å². The summed E-state index contributed by atoms with van der Waals surface area (Å²) in [7, 11) is -2.18. The zero-order valence-corrected chi connectivity index (χ0v) is 13.5. The molecule has 1 aromatic heterocycles. The van der Waals surface area contributed by atoms with Gasteiger partial charge in [0, 0.05) is 29.8 Å². The third-order valence-corrected chi connectivity index (χ3v) is 5.02. The van der Waals surface area contributed by atoms with Gasteiger partial charge >= 0.3 is 0 Å². The molecule has 0 atom stereocenters. The van der Waals surface area contributed by atoms with Gasteiger partial charge in [-0.05, 0) is 35.9 Å². The summed E-state index contributed by atoms with van der Waals surface area (Å²) in [5.74, 6) is 0.262. The van der Waals surface area contributed by atoms with Gasteiger partial charge in [0.1, 0.15) is 10.7 Å². The molecule has 2 rings (SSSR count). The number of anilines is 1. The largest absolute Gasteiger partial charge is 0.384 e. The maximum absolute atomic E-state index is 12.4. The SMILES string of the molecule is CN(Cc1cc(Cl)cc(Cl)c1)S(=O)(=O)c1ccc(N)nc1. The van der Waals surface area contributed by atoms with Gasteiger partial charge < -0.3 is 5.73 Å². The number of pyridine rings is 1. The van der Waals surface area contributed by atoms with Crippen LogP contribution in [-0.2, 0) is 16.6 Å². The lowest BCUT2D eigenvalue weighted by atomic mass is 10.2. The minimum atomic E-state index is -3.65. The molecule has 2 aromatic rings. The highest BCUT2D eigenvalue weighted by atomic mass is 35.5. The second-order valence-corrected chi connectivity index (χ2v) is 7.38. The molecular formula is C13H13Cl2N3O2S. The van der Waals surface area contributed by atoms with Crippen LogP contribution in [0, 0.1) is 0 Å². The number of nitrogens with two attached hydrogens (primary N) is 1. The Kier molecular flexibility index (Phi) is 4.73. The first-order valence-corrected chi connectivity index (χ1v) is 8.11. The number of nitrogen functional groups attached to an aromatic ring is 1. The van der Waals surface area contributed by atoms with Gasteiger partial charge in [-0.15, -0.1) is 0 Å². The minimum absolute atomic E-state index is 0.0762. The molecule has 0 saturated heterocycles. The van der Waals surface area contributed by atoms with Crippen molar-refractivity contribution in [2.45, 2.75) is 11.4 Å². The first-order valence-electron chi connectivity index (χ1n) is 5.92. The zero-order chi connectivity index (χ0) is 15.6. The summed E-state index contributed by atoms with van der Waals surface area (Å²) in [4.78, 5) is 3.87. The van der Waals surface area contributed by atoms with Crippen LogP contribution in [0.25, 0.3) is 0 Å².